The molecule has 0 bridgehead atoms. The first-order valence-electron chi connectivity index (χ1n) is 6.08. The van der Waals surface area contributed by atoms with E-state index < -0.39 is 23.7 Å². The first kappa shape index (κ1) is 13.9. The van der Waals surface area contributed by atoms with Gasteiger partial charge in [-0.1, -0.05) is 18.2 Å². The van der Waals surface area contributed by atoms with Crippen LogP contribution in [-0.4, -0.2) is 18.5 Å². The number of nitrogens with one attached hydrogen (secondary N) is 1. The van der Waals surface area contributed by atoms with Crippen LogP contribution in [0, 0.1) is 0 Å². The van der Waals surface area contributed by atoms with Gasteiger partial charge < -0.3 is 11.1 Å². The van der Waals surface area contributed by atoms with Crippen molar-refractivity contribution in [2.24, 2.45) is 5.73 Å². The molecule has 1 aromatic rings. The molecule has 104 valence electrons. The summed E-state index contributed by atoms with van der Waals surface area (Å²) in [4.78, 5) is 11.2. The summed E-state index contributed by atoms with van der Waals surface area (Å²) in [6.07, 6.45) is -3.50. The predicted molar refractivity (Wildman–Crippen MR) is 64.4 cm³/mol. The number of primary amides is 1. The Morgan fingerprint density at radius 1 is 1.32 bits per heavy atom. The summed E-state index contributed by atoms with van der Waals surface area (Å²) in [6.45, 7) is 0.491. The van der Waals surface area contributed by atoms with E-state index in [-0.39, 0.29) is 11.5 Å². The number of amides is 1. The van der Waals surface area contributed by atoms with Crippen molar-refractivity contribution in [3.63, 3.8) is 0 Å². The van der Waals surface area contributed by atoms with E-state index in [1.807, 2.05) is 0 Å². The number of alkyl halides is 3. The highest BCUT2D eigenvalue weighted by atomic mass is 19.4. The van der Waals surface area contributed by atoms with E-state index in [2.05, 4.69) is 5.32 Å². The Morgan fingerprint density at radius 3 is 2.63 bits per heavy atom. The number of halogens is 3. The minimum absolute atomic E-state index is 0.253. The van der Waals surface area contributed by atoms with E-state index in [0.29, 0.717) is 19.4 Å². The van der Waals surface area contributed by atoms with Crippen LogP contribution in [0.2, 0.25) is 0 Å². The fourth-order valence-electron chi connectivity index (χ4n) is 2.53. The number of carbonyl (C=O) groups is 1. The van der Waals surface area contributed by atoms with Gasteiger partial charge in [0.25, 0.3) is 0 Å². The molecule has 1 saturated heterocycles. The number of benzene rings is 1. The second-order valence-corrected chi connectivity index (χ2v) is 4.72. The minimum atomic E-state index is -4.37. The normalized spacial score (nSPS) is 24.2. The molecule has 0 aliphatic carbocycles. The van der Waals surface area contributed by atoms with Crippen molar-refractivity contribution in [1.29, 1.82) is 0 Å². The van der Waals surface area contributed by atoms with Crippen LogP contribution in [0.1, 0.15) is 29.9 Å². The van der Waals surface area contributed by atoms with Crippen molar-refractivity contribution in [3.05, 3.63) is 35.4 Å². The van der Waals surface area contributed by atoms with Crippen molar-refractivity contribution in [1.82, 2.24) is 5.32 Å². The van der Waals surface area contributed by atoms with Crippen LogP contribution in [-0.2, 0) is 11.0 Å². The molecule has 1 amide bonds. The first-order valence-corrected chi connectivity index (χ1v) is 6.08. The summed E-state index contributed by atoms with van der Waals surface area (Å²) in [5.41, 5.74) is 4.84. The van der Waals surface area contributed by atoms with Crippen LogP contribution >= 0.6 is 0 Å². The average Bonchev–Trinajstić information content (AvgIpc) is 2.38. The van der Waals surface area contributed by atoms with Crippen molar-refractivity contribution >= 4 is 5.91 Å². The third kappa shape index (κ3) is 3.07. The Kier molecular flexibility index (Phi) is 3.80. The van der Waals surface area contributed by atoms with E-state index in [1.54, 1.807) is 6.07 Å². The second-order valence-electron chi connectivity index (χ2n) is 4.72. The number of rotatable bonds is 2. The van der Waals surface area contributed by atoms with Crippen LogP contribution in [0.25, 0.3) is 0 Å². The molecule has 2 unspecified atom stereocenters. The van der Waals surface area contributed by atoms with Crippen molar-refractivity contribution < 1.29 is 18.0 Å². The van der Waals surface area contributed by atoms with Crippen LogP contribution in [0.3, 0.4) is 0 Å². The number of piperidine rings is 1. The molecular formula is C13H15F3N2O. The van der Waals surface area contributed by atoms with E-state index in [4.69, 9.17) is 5.73 Å². The summed E-state index contributed by atoms with van der Waals surface area (Å²) >= 11 is 0. The Morgan fingerprint density at radius 2 is 2.00 bits per heavy atom. The predicted octanol–water partition coefficient (Wildman–Crippen LogP) is 2.03. The van der Waals surface area contributed by atoms with Crippen LogP contribution in [0.15, 0.2) is 24.3 Å². The molecule has 3 N–H and O–H groups in total. The maximum atomic E-state index is 13.0. The zero-order valence-electron chi connectivity index (χ0n) is 10.2. The van der Waals surface area contributed by atoms with Gasteiger partial charge in [-0.2, -0.15) is 13.2 Å². The Bertz CT molecular complexity index is 473. The number of carbonyl (C=O) groups excluding carboxylic acids is 1. The van der Waals surface area contributed by atoms with E-state index in [1.165, 1.54) is 12.1 Å². The number of nitrogens with two attached hydrogens (primary N) is 1. The largest absolute Gasteiger partial charge is 0.416 e. The lowest BCUT2D eigenvalue weighted by atomic mass is 9.83. The summed E-state index contributed by atoms with van der Waals surface area (Å²) in [5, 5.41) is 2.92. The van der Waals surface area contributed by atoms with Gasteiger partial charge in [0.2, 0.25) is 5.91 Å². The molecule has 1 aliphatic heterocycles. The third-order valence-electron chi connectivity index (χ3n) is 3.45. The quantitative estimate of drug-likeness (QED) is 0.865. The molecule has 6 heteroatoms. The number of hydrogen-bond acceptors (Lipinski definition) is 2. The third-order valence-corrected chi connectivity index (χ3v) is 3.45. The van der Waals surface area contributed by atoms with Gasteiger partial charge in [0.15, 0.2) is 0 Å². The van der Waals surface area contributed by atoms with Gasteiger partial charge in [-0.25, -0.2) is 0 Å². The molecular weight excluding hydrogens is 257 g/mol. The fourth-order valence-corrected chi connectivity index (χ4v) is 2.53. The lowest BCUT2D eigenvalue weighted by Crippen LogP contribution is -2.46. The standard InChI is InChI=1S/C13H15F3N2O/c14-13(15,16)10-4-2-1-3-9(10)8-5-6-18-11(7-8)12(17)19/h1-4,8,11,18H,5-7H2,(H2,17,19). The topological polar surface area (TPSA) is 55.1 Å². The molecule has 1 aromatic carbocycles. The highest BCUT2D eigenvalue weighted by Crippen LogP contribution is 2.38. The highest BCUT2D eigenvalue weighted by molar-refractivity contribution is 5.80. The van der Waals surface area contributed by atoms with Gasteiger partial charge in [-0.15, -0.1) is 0 Å². The smallest absolute Gasteiger partial charge is 0.368 e. The zero-order valence-corrected chi connectivity index (χ0v) is 10.2. The molecule has 0 radical (unpaired) electrons. The maximum absolute atomic E-state index is 13.0. The monoisotopic (exact) mass is 272 g/mol. The SMILES string of the molecule is NC(=O)C1CC(c2ccccc2C(F)(F)F)CCN1. The summed E-state index contributed by atoms with van der Waals surface area (Å²) in [6, 6.07) is 4.97. The molecule has 0 spiro atoms. The molecule has 1 aliphatic rings. The highest BCUT2D eigenvalue weighted by Gasteiger charge is 2.36. The number of hydrogen-bond donors (Lipinski definition) is 2. The van der Waals surface area contributed by atoms with Crippen molar-refractivity contribution in [2.75, 3.05) is 6.54 Å². The van der Waals surface area contributed by atoms with E-state index in [0.717, 1.165) is 6.07 Å². The maximum Gasteiger partial charge on any atom is 0.416 e. The molecule has 19 heavy (non-hydrogen) atoms. The molecule has 0 aromatic heterocycles. The second kappa shape index (κ2) is 5.21. The van der Waals surface area contributed by atoms with Gasteiger partial charge in [0.1, 0.15) is 0 Å². The van der Waals surface area contributed by atoms with E-state index >= 15 is 0 Å². The lowest BCUT2D eigenvalue weighted by Gasteiger charge is -2.30. The fraction of sp³-hybridized carbons (Fsp3) is 0.462. The lowest BCUT2D eigenvalue weighted by molar-refractivity contribution is -0.138. The summed E-state index contributed by atoms with van der Waals surface area (Å²) in [7, 11) is 0. The van der Waals surface area contributed by atoms with Gasteiger partial charge in [0.05, 0.1) is 11.6 Å². The molecule has 0 saturated carbocycles. The van der Waals surface area contributed by atoms with Crippen LogP contribution < -0.4 is 11.1 Å². The average molecular weight is 272 g/mol. The first-order chi connectivity index (χ1) is 8.89. The molecule has 2 atom stereocenters. The van der Waals surface area contributed by atoms with Gasteiger partial charge >= 0.3 is 6.18 Å². The van der Waals surface area contributed by atoms with Gasteiger partial charge in [0, 0.05) is 0 Å². The van der Waals surface area contributed by atoms with Gasteiger partial charge in [-0.05, 0) is 36.9 Å². The molecule has 2 rings (SSSR count). The minimum Gasteiger partial charge on any atom is -0.368 e. The molecule has 3 nitrogen and oxygen atoms in total. The molecule has 1 heterocycles. The Balaban J connectivity index is 2.29. The van der Waals surface area contributed by atoms with Crippen LogP contribution in [0.4, 0.5) is 13.2 Å². The van der Waals surface area contributed by atoms with Crippen molar-refractivity contribution in [2.45, 2.75) is 31.0 Å². The van der Waals surface area contributed by atoms with Crippen molar-refractivity contribution in [3.8, 4) is 0 Å². The zero-order chi connectivity index (χ0) is 14.0. The van der Waals surface area contributed by atoms with Crippen LogP contribution in [0.5, 0.6) is 0 Å². The molecule has 1 fully saturated rings. The Hall–Kier alpha value is -1.56. The summed E-state index contributed by atoms with van der Waals surface area (Å²) < 4.78 is 38.9. The van der Waals surface area contributed by atoms with E-state index in [9.17, 15) is 18.0 Å². The Labute approximate surface area is 109 Å². The summed E-state index contributed by atoms with van der Waals surface area (Å²) in [5.74, 6) is -0.814. The van der Waals surface area contributed by atoms with Gasteiger partial charge in [-0.3, -0.25) is 4.79 Å².